The molecule has 11 nitrogen and oxygen atoms in total. The molecule has 2 aliphatic rings. The number of anilines is 1. The number of benzene rings is 1. The average molecular weight is 532 g/mol. The second-order valence-corrected chi connectivity index (χ2v) is 10.2. The van der Waals surface area contributed by atoms with E-state index >= 15 is 0 Å². The van der Waals surface area contributed by atoms with E-state index in [4.69, 9.17) is 4.74 Å². The van der Waals surface area contributed by atoms with Crippen LogP contribution in [0, 0.1) is 17.1 Å². The number of aromatic nitrogens is 3. The van der Waals surface area contributed by atoms with Gasteiger partial charge in [0.25, 0.3) is 5.91 Å². The summed E-state index contributed by atoms with van der Waals surface area (Å²) >= 11 is 0. The van der Waals surface area contributed by atoms with Crippen molar-refractivity contribution in [3.05, 3.63) is 59.2 Å². The molecular formula is C27H26FN7O4. The molecule has 2 aromatic heterocycles. The van der Waals surface area contributed by atoms with Crippen LogP contribution in [-0.4, -0.2) is 62.8 Å². The van der Waals surface area contributed by atoms with Crippen LogP contribution in [0.3, 0.4) is 0 Å². The van der Waals surface area contributed by atoms with Gasteiger partial charge in [-0.05, 0) is 45.4 Å². The van der Waals surface area contributed by atoms with Crippen molar-refractivity contribution < 1.29 is 23.5 Å². The first-order valence-corrected chi connectivity index (χ1v) is 12.4. The van der Waals surface area contributed by atoms with Gasteiger partial charge >= 0.3 is 6.09 Å². The molecule has 0 unspecified atom stereocenters. The van der Waals surface area contributed by atoms with Gasteiger partial charge in [-0.1, -0.05) is 6.07 Å². The van der Waals surface area contributed by atoms with E-state index in [1.54, 1.807) is 33.0 Å². The van der Waals surface area contributed by atoms with Crippen molar-refractivity contribution in [2.75, 3.05) is 24.5 Å². The Morgan fingerprint density at radius 1 is 1.18 bits per heavy atom. The van der Waals surface area contributed by atoms with Gasteiger partial charge < -0.3 is 15.0 Å². The number of fused-ring (bicyclic) bond motifs is 1. The number of carbonyl (C=O) groups excluding carboxylic acids is 3. The van der Waals surface area contributed by atoms with Crippen LogP contribution < -0.4 is 10.2 Å². The van der Waals surface area contributed by atoms with E-state index < -0.39 is 23.4 Å². The summed E-state index contributed by atoms with van der Waals surface area (Å²) in [5.74, 6) is -0.899. The minimum absolute atomic E-state index is 0.0243. The Bertz CT molecular complexity index is 1540. The summed E-state index contributed by atoms with van der Waals surface area (Å²) in [6.07, 6.45) is 1.52. The third kappa shape index (κ3) is 5.03. The third-order valence-electron chi connectivity index (χ3n) is 6.25. The Hall–Kier alpha value is -4.79. The number of nitriles is 1. The Balaban J connectivity index is 1.63. The molecule has 3 amide bonds. The molecule has 1 aromatic carbocycles. The summed E-state index contributed by atoms with van der Waals surface area (Å²) in [4.78, 5) is 45.7. The van der Waals surface area contributed by atoms with Gasteiger partial charge in [0, 0.05) is 25.4 Å². The van der Waals surface area contributed by atoms with Crippen molar-refractivity contribution in [1.29, 1.82) is 5.26 Å². The van der Waals surface area contributed by atoms with Gasteiger partial charge in [0.05, 0.1) is 52.9 Å². The highest BCUT2D eigenvalue weighted by atomic mass is 19.1. The van der Waals surface area contributed by atoms with E-state index in [1.165, 1.54) is 28.9 Å². The highest BCUT2D eigenvalue weighted by molar-refractivity contribution is 6.08. The Kier molecular flexibility index (Phi) is 6.51. The number of hydrogen-bond acceptors (Lipinski definition) is 8. The molecule has 0 radical (unpaired) electrons. The van der Waals surface area contributed by atoms with Crippen LogP contribution in [0.25, 0.3) is 16.9 Å². The number of pyridine rings is 1. The molecule has 2 aliphatic heterocycles. The lowest BCUT2D eigenvalue weighted by Crippen LogP contribution is -2.37. The van der Waals surface area contributed by atoms with Crippen LogP contribution >= 0.6 is 0 Å². The van der Waals surface area contributed by atoms with Crippen LogP contribution in [0.5, 0.6) is 0 Å². The maximum atomic E-state index is 15.0. The van der Waals surface area contributed by atoms with Gasteiger partial charge in [-0.2, -0.15) is 10.4 Å². The fraction of sp³-hybridized carbons (Fsp3) is 0.333. The van der Waals surface area contributed by atoms with E-state index in [0.717, 1.165) is 11.3 Å². The summed E-state index contributed by atoms with van der Waals surface area (Å²) in [5.41, 5.74) is -0.0903. The fourth-order valence-corrected chi connectivity index (χ4v) is 4.56. The van der Waals surface area contributed by atoms with Gasteiger partial charge in [0.1, 0.15) is 11.4 Å². The zero-order chi connectivity index (χ0) is 27.9. The number of ether oxygens (including phenoxy) is 1. The molecule has 1 saturated heterocycles. The quantitative estimate of drug-likeness (QED) is 0.545. The Morgan fingerprint density at radius 3 is 2.72 bits per heavy atom. The highest BCUT2D eigenvalue weighted by Gasteiger charge is 2.39. The molecule has 5 rings (SSSR count). The van der Waals surface area contributed by atoms with Gasteiger partial charge in [0.2, 0.25) is 5.91 Å². The van der Waals surface area contributed by atoms with Gasteiger partial charge in [0.15, 0.2) is 5.82 Å². The van der Waals surface area contributed by atoms with E-state index in [2.05, 4.69) is 15.4 Å². The van der Waals surface area contributed by atoms with Crippen molar-refractivity contribution in [2.45, 2.75) is 39.3 Å². The summed E-state index contributed by atoms with van der Waals surface area (Å²) in [7, 11) is 0. The lowest BCUT2D eigenvalue weighted by atomic mass is 10.0. The number of imide groups is 1. The second-order valence-electron chi connectivity index (χ2n) is 10.2. The first-order valence-electron chi connectivity index (χ1n) is 12.4. The van der Waals surface area contributed by atoms with Crippen molar-refractivity contribution in [3.8, 4) is 23.0 Å². The molecule has 39 heavy (non-hydrogen) atoms. The minimum Gasteiger partial charge on any atom is -0.443 e. The van der Waals surface area contributed by atoms with Crippen LogP contribution in [0.2, 0.25) is 0 Å². The summed E-state index contributed by atoms with van der Waals surface area (Å²) in [5, 5.41) is 17.0. The normalized spacial score (nSPS) is 15.5. The molecule has 4 heterocycles. The molecule has 0 spiro atoms. The predicted molar refractivity (Wildman–Crippen MR) is 137 cm³/mol. The first-order chi connectivity index (χ1) is 18.6. The highest BCUT2D eigenvalue weighted by Crippen LogP contribution is 2.34. The summed E-state index contributed by atoms with van der Waals surface area (Å²) < 4.78 is 21.8. The monoisotopic (exact) mass is 531 g/mol. The van der Waals surface area contributed by atoms with Gasteiger partial charge in [-0.3, -0.25) is 9.59 Å². The maximum Gasteiger partial charge on any atom is 0.417 e. The SMILES string of the molecule is CC(C)(C)OC(=O)N1Cc2nc(-c3c(F)cccc3C#N)cc(-n3ccc(N4CCCNC(=O)C4)n3)c2C1=O. The van der Waals surface area contributed by atoms with Crippen molar-refractivity contribution in [3.63, 3.8) is 0 Å². The van der Waals surface area contributed by atoms with Crippen molar-refractivity contribution >= 4 is 23.7 Å². The Labute approximate surface area is 223 Å². The standard InChI is InChI=1S/C27H26FN7O4/c1-27(2,3)39-26(38)34-14-19-24(25(34)37)20(12-18(31-19)23-16(13-29)6-4-7-17(23)28)35-11-8-21(32-35)33-10-5-9-30-22(36)15-33/h4,6-8,11-12H,5,9-10,14-15H2,1-3H3,(H,30,36). The van der Waals surface area contributed by atoms with Crippen LogP contribution in [0.4, 0.5) is 15.0 Å². The van der Waals surface area contributed by atoms with Crippen molar-refractivity contribution in [1.82, 2.24) is 25.0 Å². The molecule has 3 aromatic rings. The third-order valence-corrected chi connectivity index (χ3v) is 6.25. The molecule has 1 N–H and O–H groups in total. The largest absolute Gasteiger partial charge is 0.443 e. The molecule has 1 fully saturated rings. The maximum absolute atomic E-state index is 15.0. The zero-order valence-corrected chi connectivity index (χ0v) is 21.7. The second kappa shape index (κ2) is 9.83. The zero-order valence-electron chi connectivity index (χ0n) is 21.7. The molecule has 0 atom stereocenters. The number of halogens is 1. The van der Waals surface area contributed by atoms with Gasteiger partial charge in [-0.25, -0.2) is 23.8 Å². The van der Waals surface area contributed by atoms with E-state index in [1.807, 2.05) is 11.0 Å². The van der Waals surface area contributed by atoms with E-state index in [0.29, 0.717) is 18.9 Å². The molecule has 200 valence electrons. The van der Waals surface area contributed by atoms with Crippen LogP contribution in [0.15, 0.2) is 36.5 Å². The van der Waals surface area contributed by atoms with Gasteiger partial charge in [-0.15, -0.1) is 0 Å². The molecule has 0 saturated carbocycles. The van der Waals surface area contributed by atoms with Crippen LogP contribution in [-0.2, 0) is 16.1 Å². The fourth-order valence-electron chi connectivity index (χ4n) is 4.56. The smallest absolute Gasteiger partial charge is 0.417 e. The molecular weight excluding hydrogens is 505 g/mol. The summed E-state index contributed by atoms with van der Waals surface area (Å²) in [6.45, 7) is 6.17. The number of nitrogens with one attached hydrogen (secondary N) is 1. The molecule has 0 aliphatic carbocycles. The average Bonchev–Trinajstić information content (AvgIpc) is 3.43. The van der Waals surface area contributed by atoms with E-state index in [9.17, 15) is 24.0 Å². The topological polar surface area (TPSA) is 133 Å². The van der Waals surface area contributed by atoms with E-state index in [-0.39, 0.29) is 52.8 Å². The molecule has 12 heteroatoms. The van der Waals surface area contributed by atoms with Crippen LogP contribution in [0.1, 0.15) is 48.8 Å². The minimum atomic E-state index is -0.835. The number of nitrogens with zero attached hydrogens (tertiary/aromatic N) is 6. The number of carbonyl (C=O) groups is 3. The number of amides is 3. The van der Waals surface area contributed by atoms with Crippen molar-refractivity contribution in [2.24, 2.45) is 0 Å². The number of hydrogen-bond donors (Lipinski definition) is 1. The lowest BCUT2D eigenvalue weighted by Gasteiger charge is -2.23. The molecule has 0 bridgehead atoms. The lowest BCUT2D eigenvalue weighted by molar-refractivity contribution is -0.119. The first kappa shape index (κ1) is 25.8. The predicted octanol–water partition coefficient (Wildman–Crippen LogP) is 3.16. The Morgan fingerprint density at radius 2 is 1.97 bits per heavy atom. The number of rotatable bonds is 3. The summed E-state index contributed by atoms with van der Waals surface area (Å²) in [6, 6.07) is 9.29.